The van der Waals surface area contributed by atoms with E-state index in [-0.39, 0.29) is 6.61 Å². The van der Waals surface area contributed by atoms with Gasteiger partial charge in [-0.1, -0.05) is 0 Å². The molecule has 0 aromatic heterocycles. The number of hydrogen-bond acceptors (Lipinski definition) is 5. The second-order valence-electron chi connectivity index (χ2n) is 2.14. The van der Waals surface area contributed by atoms with Crippen LogP contribution in [0.15, 0.2) is 0 Å². The molecule has 12 heavy (non-hydrogen) atoms. The first kappa shape index (κ1) is 11.8. The summed E-state index contributed by atoms with van der Waals surface area (Å²) in [4.78, 5) is 0. The van der Waals surface area contributed by atoms with Crippen molar-refractivity contribution >= 4 is 0 Å². The zero-order valence-electron chi connectivity index (χ0n) is 7.83. The number of rotatable bonds is 7. The number of nitrogens with two attached hydrogens (primary N) is 1. The van der Waals surface area contributed by atoms with Crippen LogP contribution >= 0.6 is 0 Å². The first-order chi connectivity index (χ1) is 5.74. The minimum Gasteiger partial charge on any atom is -0.372 e. The lowest BCUT2D eigenvalue weighted by atomic mass is 10.5. The van der Waals surface area contributed by atoms with Crippen molar-refractivity contribution in [1.29, 1.82) is 0 Å². The van der Waals surface area contributed by atoms with Crippen LogP contribution in [0.2, 0.25) is 0 Å². The maximum absolute atomic E-state index is 5.23. The van der Waals surface area contributed by atoms with Crippen LogP contribution in [0.4, 0.5) is 0 Å². The number of ether oxygens (including phenoxy) is 4. The quantitative estimate of drug-likeness (QED) is 0.424. The Balaban J connectivity index is 3.76. The Morgan fingerprint density at radius 3 is 1.92 bits per heavy atom. The molecule has 2 N–H and O–H groups in total. The van der Waals surface area contributed by atoms with E-state index in [1.165, 1.54) is 21.3 Å². The van der Waals surface area contributed by atoms with E-state index in [9.17, 15) is 0 Å². The summed E-state index contributed by atoms with van der Waals surface area (Å²) in [5, 5.41) is 0. The Bertz CT molecular complexity index is 97.3. The summed E-state index contributed by atoms with van der Waals surface area (Å²) in [5.74, 6) is -1.10. The van der Waals surface area contributed by atoms with Gasteiger partial charge < -0.3 is 24.7 Å². The minimum atomic E-state index is -1.10. The highest BCUT2D eigenvalue weighted by molar-refractivity contribution is 4.52. The van der Waals surface area contributed by atoms with Gasteiger partial charge in [0, 0.05) is 27.9 Å². The van der Waals surface area contributed by atoms with Gasteiger partial charge in [-0.2, -0.15) is 0 Å². The molecule has 0 aliphatic heterocycles. The molecule has 0 rings (SSSR count). The average molecular weight is 179 g/mol. The van der Waals surface area contributed by atoms with Crippen molar-refractivity contribution in [2.24, 2.45) is 5.73 Å². The van der Waals surface area contributed by atoms with E-state index >= 15 is 0 Å². The molecule has 0 atom stereocenters. The van der Waals surface area contributed by atoms with Gasteiger partial charge in [-0.3, -0.25) is 0 Å². The molecule has 5 nitrogen and oxygen atoms in total. The third-order valence-corrected chi connectivity index (χ3v) is 1.47. The monoisotopic (exact) mass is 179 g/mol. The maximum atomic E-state index is 5.23. The normalized spacial score (nSPS) is 12.0. The van der Waals surface area contributed by atoms with Gasteiger partial charge in [-0.25, -0.2) is 0 Å². The molecule has 0 bridgehead atoms. The van der Waals surface area contributed by atoms with Gasteiger partial charge in [0.25, 0.3) is 0 Å². The van der Waals surface area contributed by atoms with Crippen LogP contribution in [-0.4, -0.2) is 47.1 Å². The molecule has 0 spiro atoms. The van der Waals surface area contributed by atoms with Gasteiger partial charge in [0.05, 0.1) is 6.61 Å². The average Bonchev–Trinajstić information content (AvgIpc) is 2.14. The van der Waals surface area contributed by atoms with Gasteiger partial charge in [0.2, 0.25) is 0 Å². The van der Waals surface area contributed by atoms with Crippen molar-refractivity contribution in [2.45, 2.75) is 5.97 Å². The summed E-state index contributed by atoms with van der Waals surface area (Å²) in [6.45, 7) is 1.12. The fourth-order valence-electron chi connectivity index (χ4n) is 0.707. The molecule has 0 aromatic rings. The maximum Gasteiger partial charge on any atom is 0.307 e. The summed E-state index contributed by atoms with van der Waals surface area (Å²) in [7, 11) is 4.45. The molecule has 0 amide bonds. The first-order valence-electron chi connectivity index (χ1n) is 3.68. The van der Waals surface area contributed by atoms with E-state index in [0.29, 0.717) is 13.2 Å². The van der Waals surface area contributed by atoms with E-state index in [0.717, 1.165) is 0 Å². The van der Waals surface area contributed by atoms with Crippen molar-refractivity contribution in [1.82, 2.24) is 0 Å². The Hall–Kier alpha value is -0.200. The second-order valence-corrected chi connectivity index (χ2v) is 2.14. The van der Waals surface area contributed by atoms with Crippen LogP contribution < -0.4 is 5.73 Å². The van der Waals surface area contributed by atoms with Crippen LogP contribution in [0.25, 0.3) is 0 Å². The fraction of sp³-hybridized carbons (Fsp3) is 1.00. The number of methoxy groups -OCH3 is 3. The van der Waals surface area contributed by atoms with Crippen LogP contribution in [-0.2, 0) is 18.9 Å². The van der Waals surface area contributed by atoms with Gasteiger partial charge in [-0.05, 0) is 0 Å². The van der Waals surface area contributed by atoms with Crippen LogP contribution in [0.1, 0.15) is 0 Å². The molecule has 0 aliphatic carbocycles. The predicted molar refractivity (Wildman–Crippen MR) is 43.6 cm³/mol. The predicted octanol–water partition coefficient (Wildman–Crippen LogP) is -0.445. The third kappa shape index (κ3) is 3.46. The molecule has 0 aromatic carbocycles. The fourth-order valence-corrected chi connectivity index (χ4v) is 0.707. The van der Waals surface area contributed by atoms with Crippen LogP contribution in [0.5, 0.6) is 0 Å². The lowest BCUT2D eigenvalue weighted by Gasteiger charge is -2.27. The smallest absolute Gasteiger partial charge is 0.307 e. The van der Waals surface area contributed by atoms with E-state index in [1.54, 1.807) is 0 Å². The lowest BCUT2D eigenvalue weighted by Crippen LogP contribution is -2.41. The van der Waals surface area contributed by atoms with Gasteiger partial charge in [-0.15, -0.1) is 0 Å². The SMILES string of the molecule is COC(COCCN)(OC)OC. The topological polar surface area (TPSA) is 62.9 Å². The lowest BCUT2D eigenvalue weighted by molar-refractivity contribution is -0.368. The highest BCUT2D eigenvalue weighted by Crippen LogP contribution is 2.11. The Morgan fingerprint density at radius 1 is 1.08 bits per heavy atom. The summed E-state index contributed by atoms with van der Waals surface area (Å²) in [5.41, 5.74) is 5.23. The highest BCUT2D eigenvalue weighted by Gasteiger charge is 2.29. The summed E-state index contributed by atoms with van der Waals surface area (Å²) < 4.78 is 20.0. The largest absolute Gasteiger partial charge is 0.372 e. The minimum absolute atomic E-state index is 0.202. The Kier molecular flexibility index (Phi) is 6.23. The Morgan fingerprint density at radius 2 is 1.58 bits per heavy atom. The van der Waals surface area contributed by atoms with E-state index in [1.807, 2.05) is 0 Å². The number of hydrogen-bond donors (Lipinski definition) is 1. The molecule has 0 saturated heterocycles. The van der Waals surface area contributed by atoms with E-state index in [4.69, 9.17) is 24.7 Å². The van der Waals surface area contributed by atoms with E-state index < -0.39 is 5.97 Å². The molecule has 0 radical (unpaired) electrons. The molecular weight excluding hydrogens is 162 g/mol. The third-order valence-electron chi connectivity index (χ3n) is 1.47. The van der Waals surface area contributed by atoms with Gasteiger partial charge >= 0.3 is 5.97 Å². The molecular formula is C7H17NO4. The van der Waals surface area contributed by atoms with Crippen molar-refractivity contribution < 1.29 is 18.9 Å². The van der Waals surface area contributed by atoms with Crippen molar-refractivity contribution in [3.8, 4) is 0 Å². The molecule has 0 fully saturated rings. The van der Waals surface area contributed by atoms with Crippen LogP contribution in [0, 0.1) is 0 Å². The molecule has 0 unspecified atom stereocenters. The van der Waals surface area contributed by atoms with Crippen LogP contribution in [0.3, 0.4) is 0 Å². The zero-order chi connectivity index (χ0) is 9.45. The molecule has 0 heterocycles. The molecule has 0 aliphatic rings. The molecule has 0 saturated carbocycles. The van der Waals surface area contributed by atoms with Crippen molar-refractivity contribution in [3.63, 3.8) is 0 Å². The highest BCUT2D eigenvalue weighted by atomic mass is 16.9. The summed E-state index contributed by atoms with van der Waals surface area (Å²) >= 11 is 0. The van der Waals surface area contributed by atoms with E-state index in [2.05, 4.69) is 0 Å². The zero-order valence-corrected chi connectivity index (χ0v) is 7.83. The second kappa shape index (κ2) is 6.33. The van der Waals surface area contributed by atoms with Gasteiger partial charge in [0.15, 0.2) is 0 Å². The standard InChI is InChI=1S/C7H17NO4/c1-9-7(10-2,11-3)6-12-5-4-8/h4-6,8H2,1-3H3. The molecule has 5 heteroatoms. The first-order valence-corrected chi connectivity index (χ1v) is 3.68. The van der Waals surface area contributed by atoms with Crippen molar-refractivity contribution in [2.75, 3.05) is 41.1 Å². The van der Waals surface area contributed by atoms with Crippen molar-refractivity contribution in [3.05, 3.63) is 0 Å². The Labute approximate surface area is 72.7 Å². The summed E-state index contributed by atoms with van der Waals surface area (Å²) in [6.07, 6.45) is 0. The van der Waals surface area contributed by atoms with Gasteiger partial charge in [0.1, 0.15) is 6.61 Å². The summed E-state index contributed by atoms with van der Waals surface area (Å²) in [6, 6.07) is 0. The molecule has 74 valence electrons.